The molecule has 2 aliphatic rings. The maximum Gasteiger partial charge on any atom is 0.256 e. The van der Waals surface area contributed by atoms with Gasteiger partial charge in [0.1, 0.15) is 0 Å². The van der Waals surface area contributed by atoms with E-state index in [0.29, 0.717) is 13.2 Å². The van der Waals surface area contributed by atoms with Crippen molar-refractivity contribution in [3.05, 3.63) is 48.3 Å². The second-order valence-corrected chi connectivity index (χ2v) is 5.57. The standard InChI is InChI=1S/C16H16N2O2/c19-15(18-7-6-16(18)10-20-11-16)14-9-17-8-13(14)12-4-2-1-3-5-12/h1-5,8-9,17H,6-7,10-11H2. The summed E-state index contributed by atoms with van der Waals surface area (Å²) in [7, 11) is 0. The van der Waals surface area contributed by atoms with E-state index in [4.69, 9.17) is 4.74 Å². The molecule has 2 fully saturated rings. The lowest BCUT2D eigenvalue weighted by atomic mass is 9.82. The van der Waals surface area contributed by atoms with Gasteiger partial charge in [-0.1, -0.05) is 30.3 Å². The van der Waals surface area contributed by atoms with Gasteiger partial charge in [0.15, 0.2) is 0 Å². The fourth-order valence-electron chi connectivity index (χ4n) is 3.04. The normalized spacial score (nSPS) is 19.5. The molecule has 0 radical (unpaired) electrons. The van der Waals surface area contributed by atoms with Gasteiger partial charge in [0.2, 0.25) is 0 Å². The van der Waals surface area contributed by atoms with Crippen LogP contribution >= 0.6 is 0 Å². The number of nitrogens with one attached hydrogen (secondary N) is 1. The highest BCUT2D eigenvalue weighted by Gasteiger charge is 2.53. The quantitative estimate of drug-likeness (QED) is 0.908. The summed E-state index contributed by atoms with van der Waals surface area (Å²) in [4.78, 5) is 17.8. The molecule has 4 heteroatoms. The number of rotatable bonds is 2. The number of carbonyl (C=O) groups excluding carboxylic acids is 1. The first-order valence-corrected chi connectivity index (χ1v) is 6.92. The van der Waals surface area contributed by atoms with Crippen LogP contribution in [0.4, 0.5) is 0 Å². The number of aromatic nitrogens is 1. The van der Waals surface area contributed by atoms with E-state index in [9.17, 15) is 4.79 Å². The largest absolute Gasteiger partial charge is 0.376 e. The summed E-state index contributed by atoms with van der Waals surface area (Å²) in [5, 5.41) is 0. The zero-order chi connectivity index (χ0) is 13.6. The molecule has 1 amide bonds. The fraction of sp³-hybridized carbons (Fsp3) is 0.312. The van der Waals surface area contributed by atoms with Crippen molar-refractivity contribution in [2.24, 2.45) is 0 Å². The molecule has 2 aromatic rings. The van der Waals surface area contributed by atoms with Gasteiger partial charge < -0.3 is 14.6 Å². The van der Waals surface area contributed by atoms with Crippen molar-refractivity contribution >= 4 is 5.91 Å². The number of carbonyl (C=O) groups is 1. The Hall–Kier alpha value is -2.07. The van der Waals surface area contributed by atoms with Crippen LogP contribution < -0.4 is 0 Å². The summed E-state index contributed by atoms with van der Waals surface area (Å²) in [6, 6.07) is 10.0. The van der Waals surface area contributed by atoms with Gasteiger partial charge in [0.05, 0.1) is 24.3 Å². The Bertz CT molecular complexity index is 638. The third kappa shape index (κ3) is 1.55. The number of benzene rings is 1. The average Bonchev–Trinajstić information content (AvgIpc) is 2.86. The predicted octanol–water partition coefficient (Wildman–Crippen LogP) is 2.30. The van der Waals surface area contributed by atoms with Crippen molar-refractivity contribution in [1.82, 2.24) is 9.88 Å². The van der Waals surface area contributed by atoms with Crippen LogP contribution in [-0.4, -0.2) is 41.1 Å². The average molecular weight is 268 g/mol. The van der Waals surface area contributed by atoms with E-state index in [2.05, 4.69) is 4.98 Å². The van der Waals surface area contributed by atoms with Crippen LogP contribution in [0.25, 0.3) is 11.1 Å². The molecule has 0 saturated carbocycles. The number of aromatic amines is 1. The zero-order valence-electron chi connectivity index (χ0n) is 11.1. The highest BCUT2D eigenvalue weighted by molar-refractivity contribution is 6.01. The molecule has 1 aromatic carbocycles. The van der Waals surface area contributed by atoms with Crippen LogP contribution in [0.15, 0.2) is 42.7 Å². The predicted molar refractivity (Wildman–Crippen MR) is 75.4 cm³/mol. The maximum absolute atomic E-state index is 12.7. The molecule has 0 unspecified atom stereocenters. The molecule has 20 heavy (non-hydrogen) atoms. The van der Waals surface area contributed by atoms with E-state index in [1.54, 1.807) is 6.20 Å². The summed E-state index contributed by atoms with van der Waals surface area (Å²) in [5.74, 6) is 0.111. The number of H-pyrrole nitrogens is 1. The second-order valence-electron chi connectivity index (χ2n) is 5.57. The molecule has 0 aliphatic carbocycles. The Morgan fingerprint density at radius 2 is 2.00 bits per heavy atom. The number of ether oxygens (including phenoxy) is 1. The van der Waals surface area contributed by atoms with E-state index in [0.717, 1.165) is 29.7 Å². The van der Waals surface area contributed by atoms with Crippen LogP contribution in [0, 0.1) is 0 Å². The molecule has 4 nitrogen and oxygen atoms in total. The van der Waals surface area contributed by atoms with Crippen LogP contribution in [0.3, 0.4) is 0 Å². The third-order valence-corrected chi connectivity index (χ3v) is 4.42. The van der Waals surface area contributed by atoms with Crippen molar-refractivity contribution < 1.29 is 9.53 Å². The van der Waals surface area contributed by atoms with Crippen LogP contribution in [0.5, 0.6) is 0 Å². The van der Waals surface area contributed by atoms with Gasteiger partial charge in [-0.2, -0.15) is 0 Å². The maximum atomic E-state index is 12.7. The Morgan fingerprint density at radius 3 is 2.60 bits per heavy atom. The topological polar surface area (TPSA) is 45.3 Å². The molecular weight excluding hydrogens is 252 g/mol. The highest BCUT2D eigenvalue weighted by Crippen LogP contribution is 2.39. The van der Waals surface area contributed by atoms with Gasteiger partial charge in [0.25, 0.3) is 5.91 Å². The molecular formula is C16H16N2O2. The fourth-order valence-corrected chi connectivity index (χ4v) is 3.04. The van der Waals surface area contributed by atoms with E-state index in [1.165, 1.54) is 0 Å². The summed E-state index contributed by atoms with van der Waals surface area (Å²) in [6.45, 7) is 2.20. The number of hydrogen-bond acceptors (Lipinski definition) is 2. The molecule has 1 aromatic heterocycles. The Kier molecular flexibility index (Phi) is 2.47. The lowest BCUT2D eigenvalue weighted by molar-refractivity contribution is -0.172. The van der Waals surface area contributed by atoms with Gasteiger partial charge >= 0.3 is 0 Å². The summed E-state index contributed by atoms with van der Waals surface area (Å²) < 4.78 is 5.29. The molecule has 102 valence electrons. The second kappa shape index (κ2) is 4.21. The number of amides is 1. The minimum atomic E-state index is -0.0116. The smallest absolute Gasteiger partial charge is 0.256 e. The SMILES string of the molecule is O=C(c1c[nH]cc1-c1ccccc1)N1CCC12COC2. The van der Waals surface area contributed by atoms with Gasteiger partial charge in [-0.05, 0) is 12.0 Å². The van der Waals surface area contributed by atoms with Gasteiger partial charge in [-0.3, -0.25) is 4.79 Å². The molecule has 0 bridgehead atoms. The van der Waals surface area contributed by atoms with Crippen molar-refractivity contribution in [1.29, 1.82) is 0 Å². The van der Waals surface area contributed by atoms with Gasteiger partial charge in [-0.15, -0.1) is 0 Å². The number of nitrogens with zero attached hydrogens (tertiary/aromatic N) is 1. The Morgan fingerprint density at radius 1 is 1.20 bits per heavy atom. The van der Waals surface area contributed by atoms with Gasteiger partial charge in [-0.25, -0.2) is 0 Å². The first kappa shape index (κ1) is 11.7. The number of likely N-dealkylation sites (tertiary alicyclic amines) is 1. The monoisotopic (exact) mass is 268 g/mol. The molecule has 2 saturated heterocycles. The molecule has 0 atom stereocenters. The lowest BCUT2D eigenvalue weighted by Crippen LogP contribution is -2.72. The Labute approximate surface area is 117 Å². The molecule has 4 rings (SSSR count). The zero-order valence-corrected chi connectivity index (χ0v) is 11.1. The van der Waals surface area contributed by atoms with Crippen molar-refractivity contribution in [3.63, 3.8) is 0 Å². The highest BCUT2D eigenvalue weighted by atomic mass is 16.5. The van der Waals surface area contributed by atoms with E-state index >= 15 is 0 Å². The van der Waals surface area contributed by atoms with Crippen molar-refractivity contribution in [2.45, 2.75) is 12.0 Å². The molecule has 3 heterocycles. The first-order valence-electron chi connectivity index (χ1n) is 6.92. The minimum absolute atomic E-state index is 0.0116. The third-order valence-electron chi connectivity index (χ3n) is 4.42. The summed E-state index contributed by atoms with van der Waals surface area (Å²) in [5.41, 5.74) is 2.78. The summed E-state index contributed by atoms with van der Waals surface area (Å²) >= 11 is 0. The number of hydrogen-bond donors (Lipinski definition) is 1. The van der Waals surface area contributed by atoms with E-state index < -0.39 is 0 Å². The first-order chi connectivity index (χ1) is 9.80. The van der Waals surface area contributed by atoms with Crippen LogP contribution in [-0.2, 0) is 4.74 Å². The lowest BCUT2D eigenvalue weighted by Gasteiger charge is -2.57. The summed E-state index contributed by atoms with van der Waals surface area (Å²) in [6.07, 6.45) is 4.76. The van der Waals surface area contributed by atoms with Crippen LogP contribution in [0.1, 0.15) is 16.8 Å². The van der Waals surface area contributed by atoms with Gasteiger partial charge in [0, 0.05) is 24.5 Å². The van der Waals surface area contributed by atoms with Crippen molar-refractivity contribution in [2.75, 3.05) is 19.8 Å². The molecule has 1 N–H and O–H groups in total. The molecule has 2 aliphatic heterocycles. The van der Waals surface area contributed by atoms with Crippen LogP contribution in [0.2, 0.25) is 0 Å². The molecule has 1 spiro atoms. The Balaban J connectivity index is 1.67. The van der Waals surface area contributed by atoms with E-state index in [1.807, 2.05) is 41.4 Å². The van der Waals surface area contributed by atoms with Crippen molar-refractivity contribution in [3.8, 4) is 11.1 Å². The van der Waals surface area contributed by atoms with E-state index in [-0.39, 0.29) is 11.4 Å². The minimum Gasteiger partial charge on any atom is -0.376 e.